The molecule has 0 fully saturated rings. The lowest BCUT2D eigenvalue weighted by atomic mass is 10.1. The van der Waals surface area contributed by atoms with Gasteiger partial charge in [0, 0.05) is 17.1 Å². The Morgan fingerprint density at radius 1 is 1.19 bits per heavy atom. The molecule has 3 rings (SSSR count). The van der Waals surface area contributed by atoms with Crippen LogP contribution in [0.4, 0.5) is 5.82 Å². The molecule has 0 aliphatic rings. The van der Waals surface area contributed by atoms with Crippen molar-refractivity contribution < 1.29 is 0 Å². The number of hydrogen-bond donors (Lipinski definition) is 1. The number of aromatic nitrogens is 3. The molecule has 1 aromatic carbocycles. The predicted octanol–water partition coefficient (Wildman–Crippen LogP) is 3.03. The molecule has 0 amide bonds. The van der Waals surface area contributed by atoms with Crippen molar-refractivity contribution in [3.05, 3.63) is 47.2 Å². The number of thiazole rings is 1. The molecular weight excluding hydrogens is 282 g/mol. The summed E-state index contributed by atoms with van der Waals surface area (Å²) < 4.78 is 0. The van der Waals surface area contributed by atoms with Crippen LogP contribution in [0.15, 0.2) is 35.8 Å². The number of benzene rings is 1. The van der Waals surface area contributed by atoms with E-state index in [4.69, 9.17) is 11.0 Å². The van der Waals surface area contributed by atoms with Crippen LogP contribution >= 0.6 is 11.3 Å². The first-order valence-electron chi connectivity index (χ1n) is 6.23. The van der Waals surface area contributed by atoms with Crippen LogP contribution in [0, 0.1) is 18.3 Å². The molecule has 2 N–H and O–H groups in total. The minimum Gasteiger partial charge on any atom is -0.383 e. The second-order valence-corrected chi connectivity index (χ2v) is 5.30. The van der Waals surface area contributed by atoms with Gasteiger partial charge in [-0.15, -0.1) is 11.3 Å². The van der Waals surface area contributed by atoms with E-state index in [1.807, 2.05) is 17.5 Å². The van der Waals surface area contributed by atoms with Crippen LogP contribution in [0.3, 0.4) is 0 Å². The Morgan fingerprint density at radius 2 is 1.95 bits per heavy atom. The molecule has 5 nitrogen and oxygen atoms in total. The summed E-state index contributed by atoms with van der Waals surface area (Å²) >= 11 is 1.49. The third-order valence-corrected chi connectivity index (χ3v) is 3.86. The number of anilines is 1. The highest BCUT2D eigenvalue weighted by molar-refractivity contribution is 7.13. The molecule has 0 aliphatic carbocycles. The summed E-state index contributed by atoms with van der Waals surface area (Å²) in [4.78, 5) is 12.9. The molecule has 21 heavy (non-hydrogen) atoms. The lowest BCUT2D eigenvalue weighted by Gasteiger charge is -2.01. The van der Waals surface area contributed by atoms with Gasteiger partial charge in [0.25, 0.3) is 0 Å². The van der Waals surface area contributed by atoms with E-state index >= 15 is 0 Å². The zero-order chi connectivity index (χ0) is 14.8. The van der Waals surface area contributed by atoms with E-state index in [9.17, 15) is 0 Å². The van der Waals surface area contributed by atoms with Gasteiger partial charge < -0.3 is 5.73 Å². The quantitative estimate of drug-likeness (QED) is 0.784. The van der Waals surface area contributed by atoms with Gasteiger partial charge in [-0.3, -0.25) is 0 Å². The molecule has 3 aromatic rings. The van der Waals surface area contributed by atoms with E-state index in [1.54, 1.807) is 25.3 Å². The molecule has 0 spiro atoms. The van der Waals surface area contributed by atoms with Crippen LogP contribution in [0.25, 0.3) is 21.8 Å². The van der Waals surface area contributed by atoms with Gasteiger partial charge in [0.15, 0.2) is 0 Å². The fraction of sp³-hybridized carbons (Fsp3) is 0.0667. The van der Waals surface area contributed by atoms with Crippen LogP contribution in [-0.4, -0.2) is 15.0 Å². The van der Waals surface area contributed by atoms with Crippen LogP contribution < -0.4 is 5.73 Å². The fourth-order valence-corrected chi connectivity index (χ4v) is 2.75. The van der Waals surface area contributed by atoms with E-state index in [0.717, 1.165) is 21.8 Å². The van der Waals surface area contributed by atoms with Crippen molar-refractivity contribution >= 4 is 17.2 Å². The van der Waals surface area contributed by atoms with Crippen LogP contribution in [0.1, 0.15) is 11.4 Å². The van der Waals surface area contributed by atoms with Crippen molar-refractivity contribution in [2.75, 3.05) is 5.73 Å². The number of hydrogen-bond acceptors (Lipinski definition) is 6. The summed E-state index contributed by atoms with van der Waals surface area (Å²) in [6.45, 7) is 1.80. The molecule has 0 radical (unpaired) electrons. The normalized spacial score (nSPS) is 10.3. The highest BCUT2D eigenvalue weighted by Crippen LogP contribution is 2.31. The monoisotopic (exact) mass is 293 g/mol. The van der Waals surface area contributed by atoms with E-state index in [0.29, 0.717) is 17.2 Å². The van der Waals surface area contributed by atoms with Crippen LogP contribution in [0.5, 0.6) is 0 Å². The Bertz CT molecular complexity index is 830. The maximum Gasteiger partial charge on any atom is 0.137 e. The maximum atomic E-state index is 8.81. The third kappa shape index (κ3) is 2.59. The highest BCUT2D eigenvalue weighted by Gasteiger charge is 2.11. The number of rotatable bonds is 2. The topological polar surface area (TPSA) is 88.5 Å². The van der Waals surface area contributed by atoms with Gasteiger partial charge in [-0.05, 0) is 19.1 Å². The van der Waals surface area contributed by atoms with Gasteiger partial charge in [0.05, 0.1) is 22.9 Å². The van der Waals surface area contributed by atoms with E-state index in [-0.39, 0.29) is 0 Å². The van der Waals surface area contributed by atoms with E-state index in [1.165, 1.54) is 11.3 Å². The van der Waals surface area contributed by atoms with Crippen molar-refractivity contribution in [3.63, 3.8) is 0 Å². The van der Waals surface area contributed by atoms with Crippen molar-refractivity contribution in [2.45, 2.75) is 6.92 Å². The summed E-state index contributed by atoms with van der Waals surface area (Å²) in [7, 11) is 0. The lowest BCUT2D eigenvalue weighted by molar-refractivity contribution is 1.06. The Kier molecular flexibility index (Phi) is 3.34. The summed E-state index contributed by atoms with van der Waals surface area (Å²) in [5, 5.41) is 11.6. The van der Waals surface area contributed by atoms with Crippen molar-refractivity contribution in [2.24, 2.45) is 0 Å². The van der Waals surface area contributed by atoms with E-state index < -0.39 is 0 Å². The fourth-order valence-electron chi connectivity index (χ4n) is 1.90. The van der Waals surface area contributed by atoms with Gasteiger partial charge in [-0.2, -0.15) is 5.26 Å². The molecular formula is C15H11N5S. The Morgan fingerprint density at radius 3 is 2.62 bits per heavy atom. The number of nitrogens with zero attached hydrogens (tertiary/aromatic N) is 4. The zero-order valence-electron chi connectivity index (χ0n) is 11.2. The molecule has 0 saturated carbocycles. The summed E-state index contributed by atoms with van der Waals surface area (Å²) in [6.07, 6.45) is 1.69. The van der Waals surface area contributed by atoms with Crippen LogP contribution in [-0.2, 0) is 0 Å². The molecule has 0 unspecified atom stereocenters. The SMILES string of the molecule is Cc1ncc(-c2nc(-c3ccc(C#N)cc3)cs2)c(N)n1. The summed E-state index contributed by atoms with van der Waals surface area (Å²) in [5.41, 5.74) is 9.10. The standard InChI is InChI=1S/C15H11N5S/c1-9-18-7-12(14(17)19-9)15-20-13(8-21-15)11-4-2-10(6-16)3-5-11/h2-5,7-8H,1H3,(H2,17,18,19). The second-order valence-electron chi connectivity index (χ2n) is 4.44. The minimum absolute atomic E-state index is 0.434. The molecule has 6 heteroatoms. The smallest absolute Gasteiger partial charge is 0.137 e. The number of nitrogen functional groups attached to an aromatic ring is 1. The first-order chi connectivity index (χ1) is 10.2. The first-order valence-corrected chi connectivity index (χ1v) is 7.11. The Balaban J connectivity index is 1.97. The average molecular weight is 293 g/mol. The average Bonchev–Trinajstić information content (AvgIpc) is 2.97. The molecule has 0 atom stereocenters. The Hall–Kier alpha value is -2.78. The zero-order valence-corrected chi connectivity index (χ0v) is 12.1. The number of nitrogens with two attached hydrogens (primary N) is 1. The molecule has 0 saturated heterocycles. The molecule has 0 aliphatic heterocycles. The van der Waals surface area contributed by atoms with Crippen molar-refractivity contribution in [1.29, 1.82) is 5.26 Å². The second kappa shape index (κ2) is 5.31. The Labute approximate surface area is 125 Å². The van der Waals surface area contributed by atoms with Gasteiger partial charge in [-0.25, -0.2) is 15.0 Å². The predicted molar refractivity (Wildman–Crippen MR) is 82.4 cm³/mol. The van der Waals surface area contributed by atoms with Crippen molar-refractivity contribution in [1.82, 2.24) is 15.0 Å². The molecule has 0 bridgehead atoms. The molecule has 2 aromatic heterocycles. The minimum atomic E-state index is 0.434. The number of aryl methyl sites for hydroxylation is 1. The highest BCUT2D eigenvalue weighted by atomic mass is 32.1. The van der Waals surface area contributed by atoms with Gasteiger partial charge >= 0.3 is 0 Å². The molecule has 2 heterocycles. The van der Waals surface area contributed by atoms with Gasteiger partial charge in [0.2, 0.25) is 0 Å². The van der Waals surface area contributed by atoms with Gasteiger partial charge in [-0.1, -0.05) is 12.1 Å². The number of nitriles is 1. The lowest BCUT2D eigenvalue weighted by Crippen LogP contribution is -1.98. The largest absolute Gasteiger partial charge is 0.383 e. The molecule has 102 valence electrons. The maximum absolute atomic E-state index is 8.81. The van der Waals surface area contributed by atoms with Crippen LogP contribution in [0.2, 0.25) is 0 Å². The third-order valence-electron chi connectivity index (χ3n) is 2.98. The van der Waals surface area contributed by atoms with E-state index in [2.05, 4.69) is 21.0 Å². The first kappa shape index (κ1) is 13.2. The summed E-state index contributed by atoms with van der Waals surface area (Å²) in [5.74, 6) is 1.07. The van der Waals surface area contributed by atoms with Crippen molar-refractivity contribution in [3.8, 4) is 27.9 Å². The summed E-state index contributed by atoms with van der Waals surface area (Å²) in [6, 6.07) is 9.41. The van der Waals surface area contributed by atoms with Gasteiger partial charge in [0.1, 0.15) is 16.6 Å².